The van der Waals surface area contributed by atoms with Gasteiger partial charge in [-0.15, -0.1) is 11.3 Å². The van der Waals surface area contributed by atoms with Crippen LogP contribution in [0.1, 0.15) is 38.3 Å². The largest absolute Gasteiger partial charge is 0.493 e. The Bertz CT molecular complexity index is 1360. The molecule has 37 heavy (non-hydrogen) atoms. The molecule has 0 unspecified atom stereocenters. The highest BCUT2D eigenvalue weighted by Gasteiger charge is 2.29. The van der Waals surface area contributed by atoms with Gasteiger partial charge in [-0.2, -0.15) is 5.10 Å². The predicted molar refractivity (Wildman–Crippen MR) is 144 cm³/mol. The summed E-state index contributed by atoms with van der Waals surface area (Å²) in [5, 5.41) is 6.70. The van der Waals surface area contributed by atoms with Gasteiger partial charge in [0.25, 0.3) is 0 Å². The number of fused-ring (bicyclic) bond motifs is 1. The van der Waals surface area contributed by atoms with E-state index in [9.17, 15) is 14.4 Å². The van der Waals surface area contributed by atoms with Gasteiger partial charge in [0.1, 0.15) is 11.6 Å². The molecule has 1 aliphatic carbocycles. The van der Waals surface area contributed by atoms with E-state index in [1.165, 1.54) is 31.8 Å². The Morgan fingerprint density at radius 3 is 2.62 bits per heavy atom. The maximum Gasteiger partial charge on any atom is 0.341 e. The SMILES string of the molecule is COC(=O)c1c(NC(=O)C(=O)N/N=C/c2cc(Br)c(OCc3ccccc3)c(OC)c2)sc2c1CCC2. The van der Waals surface area contributed by atoms with Crippen molar-refractivity contribution in [2.45, 2.75) is 25.9 Å². The first-order chi connectivity index (χ1) is 17.9. The predicted octanol–water partition coefficient (Wildman–Crippen LogP) is 4.46. The van der Waals surface area contributed by atoms with Crippen molar-refractivity contribution in [3.63, 3.8) is 0 Å². The van der Waals surface area contributed by atoms with E-state index in [1.54, 1.807) is 12.1 Å². The third-order valence-electron chi connectivity index (χ3n) is 5.60. The van der Waals surface area contributed by atoms with Gasteiger partial charge in [0, 0.05) is 4.88 Å². The molecule has 11 heteroatoms. The van der Waals surface area contributed by atoms with E-state index in [4.69, 9.17) is 14.2 Å². The number of halogens is 1. The minimum atomic E-state index is -0.977. The van der Waals surface area contributed by atoms with Gasteiger partial charge >= 0.3 is 17.8 Å². The molecular formula is C26H24BrN3O6S. The smallest absolute Gasteiger partial charge is 0.341 e. The van der Waals surface area contributed by atoms with Crippen LogP contribution in [-0.2, 0) is 33.8 Å². The van der Waals surface area contributed by atoms with Crippen molar-refractivity contribution in [3.05, 3.63) is 74.1 Å². The summed E-state index contributed by atoms with van der Waals surface area (Å²) in [6.45, 7) is 0.360. The van der Waals surface area contributed by atoms with Gasteiger partial charge in [0.2, 0.25) is 0 Å². The molecule has 1 heterocycles. The van der Waals surface area contributed by atoms with Gasteiger partial charge < -0.3 is 19.5 Å². The minimum Gasteiger partial charge on any atom is -0.493 e. The van der Waals surface area contributed by atoms with Crippen LogP contribution in [-0.4, -0.2) is 38.2 Å². The van der Waals surface area contributed by atoms with Crippen LogP contribution in [0.4, 0.5) is 5.00 Å². The van der Waals surface area contributed by atoms with E-state index >= 15 is 0 Å². The number of aryl methyl sites for hydroxylation is 1. The molecule has 2 N–H and O–H groups in total. The molecule has 4 rings (SSSR count). The van der Waals surface area contributed by atoms with Crippen molar-refractivity contribution >= 4 is 56.3 Å². The molecule has 2 aromatic carbocycles. The number of hydrogen-bond acceptors (Lipinski definition) is 8. The van der Waals surface area contributed by atoms with E-state index in [-0.39, 0.29) is 0 Å². The van der Waals surface area contributed by atoms with Crippen molar-refractivity contribution in [3.8, 4) is 11.5 Å². The van der Waals surface area contributed by atoms with Crippen molar-refractivity contribution in [1.82, 2.24) is 5.43 Å². The Labute approximate surface area is 225 Å². The van der Waals surface area contributed by atoms with Crippen LogP contribution in [0.3, 0.4) is 0 Å². The standard InChI is InChI=1S/C26H24BrN3O6S/c1-34-19-12-16(11-18(27)22(19)36-14-15-7-4-3-5-8-15)13-28-30-24(32)23(31)29-25-21(26(33)35-2)17-9-6-10-20(17)37-25/h3-5,7-8,11-13H,6,9-10,14H2,1-2H3,(H,29,31)(H,30,32)/b28-13+. The Morgan fingerprint density at radius 1 is 1.11 bits per heavy atom. The second-order valence-corrected chi connectivity index (χ2v) is 9.97. The molecule has 0 saturated heterocycles. The quantitative estimate of drug-likeness (QED) is 0.174. The lowest BCUT2D eigenvalue weighted by molar-refractivity contribution is -0.136. The van der Waals surface area contributed by atoms with Crippen molar-refractivity contribution in [2.75, 3.05) is 19.5 Å². The number of anilines is 1. The van der Waals surface area contributed by atoms with Gasteiger partial charge in [-0.3, -0.25) is 9.59 Å². The molecule has 3 aromatic rings. The average molecular weight is 586 g/mol. The highest BCUT2D eigenvalue weighted by atomic mass is 79.9. The number of rotatable bonds is 8. The summed E-state index contributed by atoms with van der Waals surface area (Å²) in [4.78, 5) is 38.0. The lowest BCUT2D eigenvalue weighted by atomic mass is 10.1. The summed E-state index contributed by atoms with van der Waals surface area (Å²) in [7, 11) is 2.80. The lowest BCUT2D eigenvalue weighted by Crippen LogP contribution is -2.32. The Kier molecular flexibility index (Phi) is 8.57. The first-order valence-corrected chi connectivity index (χ1v) is 12.9. The Hall–Kier alpha value is -3.70. The average Bonchev–Trinajstić information content (AvgIpc) is 3.48. The van der Waals surface area contributed by atoms with Crippen LogP contribution in [0.5, 0.6) is 11.5 Å². The molecule has 0 aliphatic heterocycles. The summed E-state index contributed by atoms with van der Waals surface area (Å²) >= 11 is 4.77. The number of nitrogens with one attached hydrogen (secondary N) is 2. The monoisotopic (exact) mass is 585 g/mol. The van der Waals surface area contributed by atoms with Crippen LogP contribution in [0.15, 0.2) is 52.0 Å². The fourth-order valence-corrected chi connectivity index (χ4v) is 5.72. The first kappa shape index (κ1) is 26.4. The molecule has 1 aliphatic rings. The number of thiophene rings is 1. The maximum atomic E-state index is 12.4. The summed E-state index contributed by atoms with van der Waals surface area (Å²) in [6, 6.07) is 13.2. The van der Waals surface area contributed by atoms with Crippen molar-refractivity contribution in [2.24, 2.45) is 5.10 Å². The Balaban J connectivity index is 1.39. The number of ether oxygens (including phenoxy) is 3. The number of hydrazone groups is 1. The number of hydrogen-bond donors (Lipinski definition) is 2. The van der Waals surface area contributed by atoms with Gasteiger partial charge in [0.05, 0.1) is 30.5 Å². The summed E-state index contributed by atoms with van der Waals surface area (Å²) in [6.07, 6.45) is 3.87. The fourth-order valence-electron chi connectivity index (χ4n) is 3.87. The lowest BCUT2D eigenvalue weighted by Gasteiger charge is -2.13. The van der Waals surface area contributed by atoms with E-state index < -0.39 is 17.8 Å². The topological polar surface area (TPSA) is 115 Å². The second-order valence-electron chi connectivity index (χ2n) is 8.01. The third-order valence-corrected chi connectivity index (χ3v) is 7.40. The van der Waals surface area contributed by atoms with Crippen LogP contribution in [0, 0.1) is 0 Å². The number of amides is 2. The molecule has 0 spiro atoms. The normalized spacial score (nSPS) is 12.2. The number of benzene rings is 2. The number of carbonyl (C=O) groups excluding carboxylic acids is 3. The summed E-state index contributed by atoms with van der Waals surface area (Å²) < 4.78 is 16.9. The zero-order chi connectivity index (χ0) is 26.4. The number of esters is 1. The molecule has 0 radical (unpaired) electrons. The molecule has 0 bridgehead atoms. The van der Waals surface area contributed by atoms with Gasteiger partial charge in [-0.25, -0.2) is 10.2 Å². The van der Waals surface area contributed by atoms with Crippen LogP contribution < -0.4 is 20.2 Å². The zero-order valence-corrected chi connectivity index (χ0v) is 22.5. The van der Waals surface area contributed by atoms with Gasteiger partial charge in [0.15, 0.2) is 11.5 Å². The molecule has 0 atom stereocenters. The number of methoxy groups -OCH3 is 2. The van der Waals surface area contributed by atoms with E-state index in [1.807, 2.05) is 30.3 Å². The third kappa shape index (κ3) is 6.17. The highest BCUT2D eigenvalue weighted by molar-refractivity contribution is 9.10. The minimum absolute atomic E-state index is 0.306. The molecule has 0 saturated carbocycles. The second kappa shape index (κ2) is 12.0. The summed E-state index contributed by atoms with van der Waals surface area (Å²) in [5.41, 5.74) is 5.00. The number of carbonyl (C=O) groups is 3. The Morgan fingerprint density at radius 2 is 1.89 bits per heavy atom. The first-order valence-electron chi connectivity index (χ1n) is 11.3. The van der Waals surface area contributed by atoms with Crippen LogP contribution in [0.2, 0.25) is 0 Å². The van der Waals surface area contributed by atoms with Crippen LogP contribution in [0.25, 0.3) is 0 Å². The molecule has 0 fully saturated rings. The van der Waals surface area contributed by atoms with Crippen LogP contribution >= 0.6 is 27.3 Å². The maximum absolute atomic E-state index is 12.4. The zero-order valence-electron chi connectivity index (χ0n) is 20.1. The molecule has 1 aromatic heterocycles. The molecular weight excluding hydrogens is 562 g/mol. The fraction of sp³-hybridized carbons (Fsp3) is 0.231. The summed E-state index contributed by atoms with van der Waals surface area (Å²) in [5.74, 6) is -1.46. The van der Waals surface area contributed by atoms with Gasteiger partial charge in [-0.1, -0.05) is 30.3 Å². The number of nitrogens with zero attached hydrogens (tertiary/aromatic N) is 1. The molecule has 2 amide bonds. The van der Waals surface area contributed by atoms with Crippen molar-refractivity contribution < 1.29 is 28.6 Å². The van der Waals surface area contributed by atoms with E-state index in [0.717, 1.165) is 35.3 Å². The van der Waals surface area contributed by atoms with Crippen molar-refractivity contribution in [1.29, 1.82) is 0 Å². The molecule has 9 nitrogen and oxygen atoms in total. The molecule has 192 valence electrons. The van der Waals surface area contributed by atoms with Gasteiger partial charge in [-0.05, 0) is 64.0 Å². The highest BCUT2D eigenvalue weighted by Crippen LogP contribution is 2.39. The van der Waals surface area contributed by atoms with E-state index in [2.05, 4.69) is 31.8 Å². The van der Waals surface area contributed by atoms with E-state index in [0.29, 0.717) is 38.7 Å².